The van der Waals surface area contributed by atoms with Gasteiger partial charge in [0.2, 0.25) is 5.91 Å². The molecule has 6 nitrogen and oxygen atoms in total. The Kier molecular flexibility index (Phi) is 9.27. The molecule has 3 rings (SSSR count). The Balaban J connectivity index is 1.55. The molecule has 0 unspecified atom stereocenters. The molecule has 1 atom stereocenters. The van der Waals surface area contributed by atoms with Gasteiger partial charge in [0.25, 0.3) is 0 Å². The quantitative estimate of drug-likeness (QED) is 0.428. The molecule has 1 fully saturated rings. The number of piperidine rings is 1. The van der Waals surface area contributed by atoms with Crippen molar-refractivity contribution in [2.75, 3.05) is 24.5 Å². The average Bonchev–Trinajstić information content (AvgIpc) is 2.83. The summed E-state index contributed by atoms with van der Waals surface area (Å²) in [7, 11) is 0. The van der Waals surface area contributed by atoms with E-state index in [1.54, 1.807) is 13.8 Å². The average molecular weight is 509 g/mol. The summed E-state index contributed by atoms with van der Waals surface area (Å²) < 4.78 is 11.6. The molecule has 1 aliphatic heterocycles. The van der Waals surface area contributed by atoms with Crippen LogP contribution in [0.1, 0.15) is 78.4 Å². The standard InChI is InChI=1S/C31H44N2O4/c1-22(2)24-15-13-23(14-16-24)17-18-32-28(34)25-10-9-19-33(21-25)26-11-8-12-27(20-26)36-31(6,7)29(35)37-30(3,4)5/h8,11-16,20,22,25H,9-10,17-19,21H2,1-7H3,(H,32,34)/t25-/m1/s1. The van der Waals surface area contributed by atoms with Crippen molar-refractivity contribution >= 4 is 17.6 Å². The molecule has 37 heavy (non-hydrogen) atoms. The summed E-state index contributed by atoms with van der Waals surface area (Å²) in [6.07, 6.45) is 2.66. The highest BCUT2D eigenvalue weighted by atomic mass is 16.6. The Labute approximate surface area is 222 Å². The number of hydrogen-bond acceptors (Lipinski definition) is 5. The first kappa shape index (κ1) is 28.5. The molecule has 0 aromatic heterocycles. The lowest BCUT2D eigenvalue weighted by Crippen LogP contribution is -2.44. The molecule has 202 valence electrons. The number of nitrogens with zero attached hydrogens (tertiary/aromatic N) is 1. The number of anilines is 1. The van der Waals surface area contributed by atoms with Crippen LogP contribution >= 0.6 is 0 Å². The number of carbonyl (C=O) groups is 2. The minimum Gasteiger partial charge on any atom is -0.476 e. The second kappa shape index (κ2) is 12.0. The van der Waals surface area contributed by atoms with E-state index in [9.17, 15) is 9.59 Å². The minimum atomic E-state index is -1.12. The van der Waals surface area contributed by atoms with Crippen molar-refractivity contribution < 1.29 is 19.1 Å². The van der Waals surface area contributed by atoms with Crippen LogP contribution in [0.3, 0.4) is 0 Å². The van der Waals surface area contributed by atoms with Crippen molar-refractivity contribution in [3.63, 3.8) is 0 Å². The van der Waals surface area contributed by atoms with E-state index in [1.807, 2.05) is 45.0 Å². The topological polar surface area (TPSA) is 67.9 Å². The van der Waals surface area contributed by atoms with Gasteiger partial charge in [-0.2, -0.15) is 0 Å². The second-order valence-electron chi connectivity index (χ2n) is 11.8. The van der Waals surface area contributed by atoms with Crippen LogP contribution in [0, 0.1) is 5.92 Å². The fourth-order valence-corrected chi connectivity index (χ4v) is 4.45. The lowest BCUT2D eigenvalue weighted by molar-refractivity contribution is -0.170. The van der Waals surface area contributed by atoms with Gasteiger partial charge in [-0.05, 0) is 83.1 Å². The zero-order chi connectivity index (χ0) is 27.2. The lowest BCUT2D eigenvalue weighted by atomic mass is 9.96. The zero-order valence-corrected chi connectivity index (χ0v) is 23.6. The highest BCUT2D eigenvalue weighted by Gasteiger charge is 2.35. The van der Waals surface area contributed by atoms with E-state index < -0.39 is 17.2 Å². The summed E-state index contributed by atoms with van der Waals surface area (Å²) in [5.41, 5.74) is 1.85. The smallest absolute Gasteiger partial charge is 0.350 e. The Morgan fingerprint density at radius 1 is 1.05 bits per heavy atom. The van der Waals surface area contributed by atoms with Gasteiger partial charge in [-0.1, -0.05) is 44.2 Å². The summed E-state index contributed by atoms with van der Waals surface area (Å²) in [4.78, 5) is 27.8. The van der Waals surface area contributed by atoms with Gasteiger partial charge < -0.3 is 19.7 Å². The van der Waals surface area contributed by atoms with E-state index in [1.165, 1.54) is 11.1 Å². The van der Waals surface area contributed by atoms with Crippen molar-refractivity contribution in [3.8, 4) is 5.75 Å². The van der Waals surface area contributed by atoms with Crippen molar-refractivity contribution in [1.29, 1.82) is 0 Å². The SMILES string of the molecule is CC(C)c1ccc(CCNC(=O)[C@@H]2CCCN(c3cccc(OC(C)(C)C(=O)OC(C)(C)C)c3)C2)cc1. The number of amides is 1. The number of benzene rings is 2. The second-order valence-corrected chi connectivity index (χ2v) is 11.8. The van der Waals surface area contributed by atoms with Crippen molar-refractivity contribution in [2.45, 2.75) is 84.8 Å². The summed E-state index contributed by atoms with van der Waals surface area (Å²) in [5, 5.41) is 3.14. The van der Waals surface area contributed by atoms with Gasteiger partial charge in [0, 0.05) is 31.4 Å². The molecule has 0 saturated carbocycles. The molecule has 2 aromatic rings. The molecule has 0 radical (unpaired) electrons. The van der Waals surface area contributed by atoms with E-state index in [4.69, 9.17) is 9.47 Å². The largest absolute Gasteiger partial charge is 0.476 e. The van der Waals surface area contributed by atoms with E-state index in [0.717, 1.165) is 31.5 Å². The maximum Gasteiger partial charge on any atom is 0.350 e. The molecule has 0 aliphatic carbocycles. The van der Waals surface area contributed by atoms with Gasteiger partial charge in [0.15, 0.2) is 5.60 Å². The van der Waals surface area contributed by atoms with Crippen LogP contribution in [-0.4, -0.2) is 42.7 Å². The fraction of sp³-hybridized carbons (Fsp3) is 0.548. The lowest BCUT2D eigenvalue weighted by Gasteiger charge is -2.34. The van der Waals surface area contributed by atoms with Crippen molar-refractivity contribution in [1.82, 2.24) is 5.32 Å². The number of hydrogen-bond donors (Lipinski definition) is 1. The van der Waals surface area contributed by atoms with E-state index in [2.05, 4.69) is 48.3 Å². The fourth-order valence-electron chi connectivity index (χ4n) is 4.45. The molecule has 0 bridgehead atoms. The van der Waals surface area contributed by atoms with Gasteiger partial charge in [0.05, 0.1) is 5.92 Å². The highest BCUT2D eigenvalue weighted by molar-refractivity contribution is 5.80. The summed E-state index contributed by atoms with van der Waals surface area (Å²) in [6, 6.07) is 16.4. The van der Waals surface area contributed by atoms with Crippen molar-refractivity contribution in [2.24, 2.45) is 5.92 Å². The number of carbonyl (C=O) groups excluding carboxylic acids is 2. The van der Waals surface area contributed by atoms with Crippen molar-refractivity contribution in [3.05, 3.63) is 59.7 Å². The predicted octanol–water partition coefficient (Wildman–Crippen LogP) is 5.88. The Hall–Kier alpha value is -3.02. The highest BCUT2D eigenvalue weighted by Crippen LogP contribution is 2.29. The van der Waals surface area contributed by atoms with Crippen LogP contribution in [0.4, 0.5) is 5.69 Å². The summed E-state index contributed by atoms with van der Waals surface area (Å²) in [5.74, 6) is 0.771. The number of ether oxygens (including phenoxy) is 2. The predicted molar refractivity (Wildman–Crippen MR) is 149 cm³/mol. The zero-order valence-electron chi connectivity index (χ0n) is 23.6. The maximum atomic E-state index is 12.9. The van der Waals surface area contributed by atoms with Gasteiger partial charge >= 0.3 is 5.97 Å². The Bertz CT molecular complexity index is 1050. The van der Waals surface area contributed by atoms with E-state index >= 15 is 0 Å². The van der Waals surface area contributed by atoms with Crippen LogP contribution in [0.15, 0.2) is 48.5 Å². The van der Waals surface area contributed by atoms with Crippen LogP contribution in [0.25, 0.3) is 0 Å². The van der Waals surface area contributed by atoms with E-state index in [-0.39, 0.29) is 11.8 Å². The third-order valence-electron chi connectivity index (χ3n) is 6.60. The third-order valence-corrected chi connectivity index (χ3v) is 6.60. The molecule has 1 amide bonds. The van der Waals surface area contributed by atoms with Crippen LogP contribution in [0.5, 0.6) is 5.75 Å². The number of esters is 1. The molecule has 1 N–H and O–H groups in total. The summed E-state index contributed by atoms with van der Waals surface area (Å²) in [6.45, 7) is 15.5. The van der Waals surface area contributed by atoms with Gasteiger partial charge in [-0.15, -0.1) is 0 Å². The van der Waals surface area contributed by atoms with Crippen LogP contribution < -0.4 is 15.0 Å². The molecule has 2 aromatic carbocycles. The molecule has 0 spiro atoms. The maximum absolute atomic E-state index is 12.9. The first-order valence-electron chi connectivity index (χ1n) is 13.5. The number of rotatable bonds is 9. The molecular formula is C31H44N2O4. The number of nitrogens with one attached hydrogen (secondary N) is 1. The third kappa shape index (κ3) is 8.51. The Morgan fingerprint density at radius 3 is 2.41 bits per heavy atom. The van der Waals surface area contributed by atoms with Crippen LogP contribution in [0.2, 0.25) is 0 Å². The normalized spacial score (nSPS) is 16.4. The molecule has 1 aliphatic rings. The molecular weight excluding hydrogens is 464 g/mol. The summed E-state index contributed by atoms with van der Waals surface area (Å²) >= 11 is 0. The Morgan fingerprint density at radius 2 is 1.76 bits per heavy atom. The molecule has 1 heterocycles. The van der Waals surface area contributed by atoms with Gasteiger partial charge in [-0.3, -0.25) is 4.79 Å². The molecule has 1 saturated heterocycles. The minimum absolute atomic E-state index is 0.0557. The van der Waals surface area contributed by atoms with Gasteiger partial charge in [0.1, 0.15) is 11.4 Å². The van der Waals surface area contributed by atoms with Gasteiger partial charge in [-0.25, -0.2) is 4.79 Å². The van der Waals surface area contributed by atoms with Crippen LogP contribution in [-0.2, 0) is 20.7 Å². The first-order chi connectivity index (χ1) is 17.3. The first-order valence-corrected chi connectivity index (χ1v) is 13.5. The molecule has 6 heteroatoms. The monoisotopic (exact) mass is 508 g/mol. The van der Waals surface area contributed by atoms with E-state index in [0.29, 0.717) is 24.8 Å².